The second-order valence-electron chi connectivity index (χ2n) is 6.21. The molecule has 0 bridgehead atoms. The molecular weight excluding hydrogens is 449 g/mol. The summed E-state index contributed by atoms with van der Waals surface area (Å²) in [4.78, 5) is 24.1. The Bertz CT molecular complexity index is 1190. The molecule has 0 saturated carbocycles. The summed E-state index contributed by atoms with van der Waals surface area (Å²) in [5.41, 5.74) is 2.87. The van der Waals surface area contributed by atoms with Gasteiger partial charge in [0.25, 0.3) is 5.91 Å². The average molecular weight is 464 g/mol. The number of halogens is 2. The van der Waals surface area contributed by atoms with Crippen LogP contribution in [0.15, 0.2) is 42.6 Å². The minimum Gasteiger partial charge on any atom is -0.494 e. The topological polar surface area (TPSA) is 55.3 Å². The molecule has 0 fully saturated rings. The minimum atomic E-state index is -0.278. The highest BCUT2D eigenvalue weighted by atomic mass is 35.5. The van der Waals surface area contributed by atoms with Crippen LogP contribution in [0.5, 0.6) is 5.75 Å². The van der Waals surface area contributed by atoms with E-state index >= 15 is 0 Å². The SMILES string of the molecule is COc1ccc(C)c2sc(N(Cc3ccccn3)C(=O)c3cc(Cl)sc3Cl)nc12. The summed E-state index contributed by atoms with van der Waals surface area (Å²) in [6.07, 6.45) is 1.69. The first-order chi connectivity index (χ1) is 14.0. The van der Waals surface area contributed by atoms with Crippen LogP contribution in [0.25, 0.3) is 10.2 Å². The van der Waals surface area contributed by atoms with E-state index in [0.29, 0.717) is 25.1 Å². The van der Waals surface area contributed by atoms with Crippen LogP contribution < -0.4 is 9.64 Å². The van der Waals surface area contributed by atoms with Crippen molar-refractivity contribution in [2.75, 3.05) is 12.0 Å². The van der Waals surface area contributed by atoms with Gasteiger partial charge in [-0.3, -0.25) is 14.7 Å². The number of amides is 1. The number of benzene rings is 1. The number of carbonyl (C=O) groups excluding carboxylic acids is 1. The number of nitrogens with zero attached hydrogens (tertiary/aromatic N) is 3. The van der Waals surface area contributed by atoms with Crippen LogP contribution in [0.1, 0.15) is 21.6 Å². The van der Waals surface area contributed by atoms with Gasteiger partial charge in [0.1, 0.15) is 15.6 Å². The van der Waals surface area contributed by atoms with Crippen molar-refractivity contribution >= 4 is 67.1 Å². The molecule has 148 valence electrons. The number of aryl methyl sites for hydroxylation is 1. The standard InChI is InChI=1S/C20H15Cl2N3O2S2/c1-11-6-7-14(27-2)16-17(11)29-20(24-16)25(10-12-5-3-4-8-23-12)19(26)13-9-15(21)28-18(13)22/h3-9H,10H2,1-2H3. The number of thiophene rings is 1. The van der Waals surface area contributed by atoms with Crippen LogP contribution in [0.4, 0.5) is 5.13 Å². The van der Waals surface area contributed by atoms with Gasteiger partial charge in [-0.1, -0.05) is 46.7 Å². The van der Waals surface area contributed by atoms with Crippen LogP contribution in [0.3, 0.4) is 0 Å². The summed E-state index contributed by atoms with van der Waals surface area (Å²) in [5.74, 6) is 0.384. The fourth-order valence-electron chi connectivity index (χ4n) is 2.89. The van der Waals surface area contributed by atoms with Crippen molar-refractivity contribution in [3.63, 3.8) is 0 Å². The molecule has 29 heavy (non-hydrogen) atoms. The molecule has 1 aromatic carbocycles. The molecule has 0 spiro atoms. The van der Waals surface area contributed by atoms with Gasteiger partial charge in [-0.2, -0.15) is 0 Å². The zero-order chi connectivity index (χ0) is 20.5. The highest BCUT2D eigenvalue weighted by Gasteiger charge is 2.26. The third-order valence-electron chi connectivity index (χ3n) is 4.32. The van der Waals surface area contributed by atoms with Crippen LogP contribution in [0.2, 0.25) is 8.67 Å². The normalized spacial score (nSPS) is 11.0. The first-order valence-corrected chi connectivity index (χ1v) is 11.0. The molecule has 1 amide bonds. The number of anilines is 1. The summed E-state index contributed by atoms with van der Waals surface area (Å²) in [5, 5.41) is 0.543. The molecule has 4 rings (SSSR count). The number of hydrogen-bond acceptors (Lipinski definition) is 6. The van der Waals surface area contributed by atoms with E-state index in [-0.39, 0.29) is 12.5 Å². The number of hydrogen-bond donors (Lipinski definition) is 0. The van der Waals surface area contributed by atoms with Crippen molar-refractivity contribution in [1.29, 1.82) is 0 Å². The molecule has 0 aliphatic carbocycles. The number of pyridine rings is 1. The largest absolute Gasteiger partial charge is 0.494 e. The lowest BCUT2D eigenvalue weighted by atomic mass is 10.2. The predicted molar refractivity (Wildman–Crippen MR) is 120 cm³/mol. The average Bonchev–Trinajstić information content (AvgIpc) is 3.30. The number of carbonyl (C=O) groups is 1. The van der Waals surface area contributed by atoms with E-state index in [2.05, 4.69) is 4.98 Å². The van der Waals surface area contributed by atoms with Gasteiger partial charge in [-0.05, 0) is 36.8 Å². The van der Waals surface area contributed by atoms with E-state index in [1.807, 2.05) is 37.3 Å². The number of aromatic nitrogens is 2. The first-order valence-electron chi connectivity index (χ1n) is 8.58. The fourth-order valence-corrected chi connectivity index (χ4v) is 5.39. The van der Waals surface area contributed by atoms with E-state index in [4.69, 9.17) is 32.9 Å². The maximum absolute atomic E-state index is 13.4. The van der Waals surface area contributed by atoms with Crippen molar-refractivity contribution in [3.05, 3.63) is 68.1 Å². The summed E-state index contributed by atoms with van der Waals surface area (Å²) < 4.78 is 7.22. The van der Waals surface area contributed by atoms with Crippen molar-refractivity contribution in [1.82, 2.24) is 9.97 Å². The summed E-state index contributed by atoms with van der Waals surface area (Å²) >= 11 is 14.9. The molecule has 9 heteroatoms. The van der Waals surface area contributed by atoms with Crippen molar-refractivity contribution in [3.8, 4) is 5.75 Å². The molecule has 0 atom stereocenters. The molecule has 0 aliphatic rings. The van der Waals surface area contributed by atoms with Gasteiger partial charge in [0, 0.05) is 6.20 Å². The summed E-state index contributed by atoms with van der Waals surface area (Å²) in [6, 6.07) is 11.0. The van der Waals surface area contributed by atoms with Crippen molar-refractivity contribution < 1.29 is 9.53 Å². The molecule has 3 heterocycles. The lowest BCUT2D eigenvalue weighted by Gasteiger charge is -2.19. The van der Waals surface area contributed by atoms with E-state index in [0.717, 1.165) is 32.8 Å². The number of fused-ring (bicyclic) bond motifs is 1. The first kappa shape index (κ1) is 20.1. The van der Waals surface area contributed by atoms with Crippen molar-refractivity contribution in [2.24, 2.45) is 0 Å². The predicted octanol–water partition coefficient (Wildman–Crippen LogP) is 6.22. The summed E-state index contributed by atoms with van der Waals surface area (Å²) in [7, 11) is 1.60. The quantitative estimate of drug-likeness (QED) is 0.352. The smallest absolute Gasteiger partial charge is 0.262 e. The minimum absolute atomic E-state index is 0.255. The molecule has 0 radical (unpaired) electrons. The van der Waals surface area contributed by atoms with Gasteiger partial charge in [0.2, 0.25) is 0 Å². The second kappa shape index (κ2) is 8.28. The van der Waals surface area contributed by atoms with Gasteiger partial charge in [0.15, 0.2) is 5.13 Å². The van der Waals surface area contributed by atoms with Gasteiger partial charge in [-0.25, -0.2) is 4.98 Å². The lowest BCUT2D eigenvalue weighted by molar-refractivity contribution is 0.0985. The lowest BCUT2D eigenvalue weighted by Crippen LogP contribution is -2.30. The Balaban J connectivity index is 1.84. The van der Waals surface area contributed by atoms with Gasteiger partial charge >= 0.3 is 0 Å². The third-order valence-corrected chi connectivity index (χ3v) is 7.02. The Hall–Kier alpha value is -2.19. The Morgan fingerprint density at radius 2 is 2.03 bits per heavy atom. The van der Waals surface area contributed by atoms with Crippen LogP contribution in [-0.4, -0.2) is 23.0 Å². The zero-order valence-corrected chi connectivity index (χ0v) is 18.6. The molecule has 3 aromatic heterocycles. The molecule has 0 saturated heterocycles. The van der Waals surface area contributed by atoms with Crippen molar-refractivity contribution in [2.45, 2.75) is 13.5 Å². The molecule has 5 nitrogen and oxygen atoms in total. The fraction of sp³-hybridized carbons (Fsp3) is 0.150. The number of ether oxygens (including phenoxy) is 1. The zero-order valence-electron chi connectivity index (χ0n) is 15.5. The monoisotopic (exact) mass is 463 g/mol. The Morgan fingerprint density at radius 3 is 2.69 bits per heavy atom. The maximum Gasteiger partial charge on any atom is 0.262 e. The van der Waals surface area contributed by atoms with Gasteiger partial charge in [0.05, 0.1) is 33.9 Å². The molecule has 4 aromatic rings. The van der Waals surface area contributed by atoms with Crippen LogP contribution in [-0.2, 0) is 6.54 Å². The number of rotatable bonds is 5. The Kier molecular flexibility index (Phi) is 5.74. The van der Waals surface area contributed by atoms with E-state index in [1.165, 1.54) is 11.3 Å². The van der Waals surface area contributed by atoms with Crippen LogP contribution >= 0.6 is 45.9 Å². The van der Waals surface area contributed by atoms with E-state index < -0.39 is 0 Å². The molecule has 0 aliphatic heterocycles. The number of methoxy groups -OCH3 is 1. The van der Waals surface area contributed by atoms with Crippen LogP contribution in [0, 0.1) is 6.92 Å². The Labute approximate surface area is 185 Å². The second-order valence-corrected chi connectivity index (χ2v) is 9.47. The van der Waals surface area contributed by atoms with E-state index in [1.54, 1.807) is 24.3 Å². The van der Waals surface area contributed by atoms with Gasteiger partial charge < -0.3 is 4.74 Å². The van der Waals surface area contributed by atoms with E-state index in [9.17, 15) is 4.79 Å². The van der Waals surface area contributed by atoms with Gasteiger partial charge in [-0.15, -0.1) is 11.3 Å². The highest BCUT2D eigenvalue weighted by Crippen LogP contribution is 2.39. The maximum atomic E-state index is 13.4. The Morgan fingerprint density at radius 1 is 1.21 bits per heavy atom. The number of thiazole rings is 1. The highest BCUT2D eigenvalue weighted by molar-refractivity contribution is 7.22. The molecule has 0 N–H and O–H groups in total. The molecular formula is C20H15Cl2N3O2S2. The molecule has 0 unspecified atom stereocenters. The third kappa shape index (κ3) is 3.96. The summed E-state index contributed by atoms with van der Waals surface area (Å²) in [6.45, 7) is 2.26.